The van der Waals surface area contributed by atoms with Crippen molar-refractivity contribution in [1.29, 1.82) is 0 Å². The Kier molecular flexibility index (Phi) is 4.86. The largest absolute Gasteiger partial charge is 0.477 e. The Hall–Kier alpha value is -3.16. The predicted molar refractivity (Wildman–Crippen MR) is 110 cm³/mol. The maximum absolute atomic E-state index is 12.6. The Morgan fingerprint density at radius 1 is 1.17 bits per heavy atom. The molecule has 7 nitrogen and oxygen atoms in total. The number of methoxy groups -OCH3 is 1. The second kappa shape index (κ2) is 7.35. The number of nitrogens with zero attached hydrogens (tertiary/aromatic N) is 1. The van der Waals surface area contributed by atoms with Crippen molar-refractivity contribution < 1.29 is 25.7 Å². The van der Waals surface area contributed by atoms with Crippen LogP contribution in [0, 0.1) is 0 Å². The molecule has 1 aliphatic heterocycles. The third kappa shape index (κ3) is 3.08. The second-order valence-corrected chi connectivity index (χ2v) is 7.11. The number of carboxylic acids is 1. The molecule has 0 unspecified atom stereocenters. The number of ether oxygens (including phenoxy) is 1. The molecule has 0 saturated carbocycles. The lowest BCUT2D eigenvalue weighted by Gasteiger charge is -2.12. The SMILES string of the molecule is COCCCn1c(C(=O)O)cc2c3c(c(-c4ccccc4Cl)cc21)C(=O)NC3=O.[HH]. The first-order chi connectivity index (χ1) is 13.9. The van der Waals surface area contributed by atoms with E-state index < -0.39 is 17.8 Å². The second-order valence-electron chi connectivity index (χ2n) is 6.70. The van der Waals surface area contributed by atoms with Gasteiger partial charge in [0.2, 0.25) is 0 Å². The molecule has 4 rings (SSSR count). The number of aryl methyl sites for hydroxylation is 1. The number of rotatable bonds is 6. The smallest absolute Gasteiger partial charge is 0.352 e. The van der Waals surface area contributed by atoms with Gasteiger partial charge < -0.3 is 14.4 Å². The average molecular weight is 415 g/mol. The van der Waals surface area contributed by atoms with Crippen LogP contribution in [0.1, 0.15) is 39.1 Å². The molecule has 3 aromatic rings. The molecule has 0 saturated heterocycles. The van der Waals surface area contributed by atoms with E-state index >= 15 is 0 Å². The van der Waals surface area contributed by atoms with Crippen molar-refractivity contribution in [3.05, 3.63) is 58.2 Å². The molecule has 0 radical (unpaired) electrons. The maximum Gasteiger partial charge on any atom is 0.352 e. The number of halogens is 1. The van der Waals surface area contributed by atoms with Crippen molar-refractivity contribution in [3.8, 4) is 11.1 Å². The van der Waals surface area contributed by atoms with E-state index in [1.807, 2.05) is 0 Å². The van der Waals surface area contributed by atoms with Crippen LogP contribution in [0.3, 0.4) is 0 Å². The topological polar surface area (TPSA) is 97.6 Å². The fourth-order valence-corrected chi connectivity index (χ4v) is 4.01. The summed E-state index contributed by atoms with van der Waals surface area (Å²) in [6.45, 7) is 0.843. The van der Waals surface area contributed by atoms with Gasteiger partial charge in [-0.1, -0.05) is 29.8 Å². The highest BCUT2D eigenvalue weighted by atomic mass is 35.5. The van der Waals surface area contributed by atoms with Gasteiger partial charge in [-0.3, -0.25) is 14.9 Å². The zero-order chi connectivity index (χ0) is 20.7. The summed E-state index contributed by atoms with van der Waals surface area (Å²) >= 11 is 6.36. The molecule has 29 heavy (non-hydrogen) atoms. The quantitative estimate of drug-likeness (QED) is 0.472. The van der Waals surface area contributed by atoms with E-state index in [0.717, 1.165) is 0 Å². The molecular weight excluding hydrogens is 396 g/mol. The third-order valence-corrected chi connectivity index (χ3v) is 5.33. The number of carboxylic acid groups (broad SMARTS) is 1. The predicted octanol–water partition coefficient (Wildman–Crippen LogP) is 3.83. The molecular formula is C21H19ClN2O5. The Morgan fingerprint density at radius 2 is 1.90 bits per heavy atom. The zero-order valence-electron chi connectivity index (χ0n) is 15.5. The molecule has 0 bridgehead atoms. The minimum absolute atomic E-state index is 0. The van der Waals surface area contributed by atoms with Gasteiger partial charge in [-0.25, -0.2) is 4.79 Å². The minimum atomic E-state index is -1.11. The summed E-state index contributed by atoms with van der Waals surface area (Å²) < 4.78 is 6.71. The highest BCUT2D eigenvalue weighted by molar-refractivity contribution is 6.35. The van der Waals surface area contributed by atoms with E-state index in [-0.39, 0.29) is 18.2 Å². The van der Waals surface area contributed by atoms with Gasteiger partial charge in [0.05, 0.1) is 16.6 Å². The van der Waals surface area contributed by atoms with Crippen LogP contribution in [-0.2, 0) is 11.3 Å². The first-order valence-corrected chi connectivity index (χ1v) is 9.35. The number of hydrogen-bond acceptors (Lipinski definition) is 4. The number of aromatic carboxylic acids is 1. The number of imide groups is 1. The Labute approximate surface area is 172 Å². The summed E-state index contributed by atoms with van der Waals surface area (Å²) in [7, 11) is 1.57. The number of benzene rings is 2. The van der Waals surface area contributed by atoms with E-state index in [0.29, 0.717) is 46.6 Å². The fraction of sp³-hybridized carbons (Fsp3) is 0.190. The van der Waals surface area contributed by atoms with Gasteiger partial charge in [0.15, 0.2) is 0 Å². The molecule has 2 aromatic carbocycles. The number of aromatic nitrogens is 1. The van der Waals surface area contributed by atoms with Crippen LogP contribution in [0.4, 0.5) is 0 Å². The van der Waals surface area contributed by atoms with Gasteiger partial charge in [0.25, 0.3) is 11.8 Å². The first-order valence-electron chi connectivity index (χ1n) is 8.97. The summed E-state index contributed by atoms with van der Waals surface area (Å²) in [5, 5.41) is 12.8. The van der Waals surface area contributed by atoms with E-state index in [1.165, 1.54) is 6.07 Å². The van der Waals surface area contributed by atoms with Crippen molar-refractivity contribution >= 4 is 40.3 Å². The average Bonchev–Trinajstić information content (AvgIpc) is 3.19. The van der Waals surface area contributed by atoms with Crippen LogP contribution in [0.2, 0.25) is 5.02 Å². The lowest BCUT2D eigenvalue weighted by molar-refractivity contribution is 0.0683. The summed E-state index contributed by atoms with van der Waals surface area (Å²) in [6, 6.07) is 10.2. The fourth-order valence-electron chi connectivity index (χ4n) is 3.77. The molecule has 1 aliphatic rings. The van der Waals surface area contributed by atoms with E-state index in [4.69, 9.17) is 16.3 Å². The Bertz CT molecular complexity index is 1190. The van der Waals surface area contributed by atoms with Crippen molar-refractivity contribution in [2.75, 3.05) is 13.7 Å². The summed E-state index contributed by atoms with van der Waals surface area (Å²) in [6.07, 6.45) is 0.587. The Morgan fingerprint density at radius 3 is 2.59 bits per heavy atom. The van der Waals surface area contributed by atoms with Gasteiger partial charge in [0.1, 0.15) is 5.69 Å². The van der Waals surface area contributed by atoms with Crippen LogP contribution in [0.5, 0.6) is 0 Å². The molecule has 0 aliphatic carbocycles. The highest BCUT2D eigenvalue weighted by Gasteiger charge is 2.34. The van der Waals surface area contributed by atoms with Gasteiger partial charge in [-0.2, -0.15) is 0 Å². The van der Waals surface area contributed by atoms with Crippen LogP contribution in [0.15, 0.2) is 36.4 Å². The first kappa shape index (κ1) is 19.2. The number of carbonyl (C=O) groups is 3. The number of hydrogen-bond donors (Lipinski definition) is 2. The van der Waals surface area contributed by atoms with Gasteiger partial charge in [0, 0.05) is 37.7 Å². The van der Waals surface area contributed by atoms with Crippen LogP contribution < -0.4 is 5.32 Å². The highest BCUT2D eigenvalue weighted by Crippen LogP contribution is 2.39. The lowest BCUT2D eigenvalue weighted by atomic mass is 9.94. The standard InChI is InChI=1S/C21H17ClN2O5.H2/c1-29-8-4-7-24-15-9-12(11-5-2-3-6-14(11)22)17-18(20(26)23-19(17)25)13(15)10-16(24)21(27)28;/h2-3,5-6,9-10H,4,7-8H2,1H3,(H,27,28)(H,23,25,26);1H. The normalized spacial score (nSPS) is 13.0. The third-order valence-electron chi connectivity index (χ3n) is 5.00. The monoisotopic (exact) mass is 414 g/mol. The minimum Gasteiger partial charge on any atom is -0.477 e. The molecule has 0 fully saturated rings. The van der Waals surface area contributed by atoms with E-state index in [9.17, 15) is 19.5 Å². The lowest BCUT2D eigenvalue weighted by Crippen LogP contribution is -2.20. The molecule has 2 N–H and O–H groups in total. The Balaban J connectivity index is 0.00000256. The number of carbonyl (C=O) groups excluding carboxylic acids is 2. The zero-order valence-corrected chi connectivity index (χ0v) is 16.2. The molecule has 8 heteroatoms. The van der Waals surface area contributed by atoms with Crippen molar-refractivity contribution in [3.63, 3.8) is 0 Å². The van der Waals surface area contributed by atoms with Crippen LogP contribution >= 0.6 is 11.6 Å². The van der Waals surface area contributed by atoms with E-state index in [2.05, 4.69) is 5.32 Å². The number of amides is 2. The maximum atomic E-state index is 12.6. The molecule has 0 atom stereocenters. The summed E-state index contributed by atoms with van der Waals surface area (Å²) in [5.74, 6) is -2.18. The van der Waals surface area contributed by atoms with Crippen molar-refractivity contribution in [2.24, 2.45) is 0 Å². The van der Waals surface area contributed by atoms with Gasteiger partial charge in [-0.15, -0.1) is 0 Å². The molecule has 2 heterocycles. The molecule has 2 amide bonds. The number of nitrogens with one attached hydrogen (secondary N) is 1. The summed E-state index contributed by atoms with van der Waals surface area (Å²) in [5.41, 5.74) is 2.07. The van der Waals surface area contributed by atoms with E-state index in [1.54, 1.807) is 42.0 Å². The van der Waals surface area contributed by atoms with Crippen LogP contribution in [-0.4, -0.2) is 41.2 Å². The van der Waals surface area contributed by atoms with Crippen LogP contribution in [0.25, 0.3) is 22.0 Å². The molecule has 1 aromatic heterocycles. The number of fused-ring (bicyclic) bond motifs is 3. The van der Waals surface area contributed by atoms with Crippen molar-refractivity contribution in [1.82, 2.24) is 9.88 Å². The summed E-state index contributed by atoms with van der Waals surface area (Å²) in [4.78, 5) is 37.0. The molecule has 150 valence electrons. The van der Waals surface area contributed by atoms with Crippen molar-refractivity contribution in [2.45, 2.75) is 13.0 Å². The van der Waals surface area contributed by atoms with Gasteiger partial charge >= 0.3 is 5.97 Å². The van der Waals surface area contributed by atoms with Gasteiger partial charge in [-0.05, 0) is 30.2 Å². The molecule has 0 spiro atoms.